The number of nitrogens with zero attached hydrogens (tertiary/aromatic N) is 2. The fourth-order valence-corrected chi connectivity index (χ4v) is 7.40. The van der Waals surface area contributed by atoms with Crippen molar-refractivity contribution in [3.8, 4) is 0 Å². The van der Waals surface area contributed by atoms with E-state index in [4.69, 9.17) is 0 Å². The zero-order chi connectivity index (χ0) is 26.5. The Balaban J connectivity index is 1.42. The maximum atomic E-state index is 2.39. The van der Waals surface area contributed by atoms with Crippen molar-refractivity contribution >= 4 is 87.7 Å². The highest BCUT2D eigenvalue weighted by atomic mass is 32.1. The summed E-state index contributed by atoms with van der Waals surface area (Å²) in [5.41, 5.74) is 4.71. The van der Waals surface area contributed by atoms with E-state index in [9.17, 15) is 0 Å². The zero-order valence-electron chi connectivity index (χ0n) is 21.6. The van der Waals surface area contributed by atoms with Gasteiger partial charge in [0.2, 0.25) is 0 Å². The van der Waals surface area contributed by atoms with Gasteiger partial charge in [-0.15, -0.1) is 22.7 Å². The summed E-state index contributed by atoms with van der Waals surface area (Å²) < 4.78 is 0. The van der Waals surface area contributed by atoms with Gasteiger partial charge in [0.25, 0.3) is 0 Å². The van der Waals surface area contributed by atoms with Crippen LogP contribution in [0.5, 0.6) is 0 Å². The third-order valence-electron chi connectivity index (χ3n) is 7.58. The fourth-order valence-electron chi connectivity index (χ4n) is 5.88. The van der Waals surface area contributed by atoms with Gasteiger partial charge in [-0.25, -0.2) is 0 Å². The van der Waals surface area contributed by atoms with Crippen LogP contribution in [0.2, 0.25) is 0 Å². The van der Waals surface area contributed by atoms with E-state index in [0.717, 1.165) is 11.4 Å². The van der Waals surface area contributed by atoms with Gasteiger partial charge >= 0.3 is 0 Å². The van der Waals surface area contributed by atoms with Gasteiger partial charge in [-0.3, -0.25) is 0 Å². The Kier molecular flexibility index (Phi) is 5.54. The number of hydrogen-bond acceptors (Lipinski definition) is 4. The minimum absolute atomic E-state index is 1.16. The van der Waals surface area contributed by atoms with E-state index in [1.807, 2.05) is 0 Å². The van der Waals surface area contributed by atoms with Crippen LogP contribution in [0.3, 0.4) is 0 Å². The monoisotopic (exact) mass is 548 g/mol. The summed E-state index contributed by atoms with van der Waals surface area (Å²) >= 11 is 3.53. The maximum absolute atomic E-state index is 2.39. The lowest BCUT2D eigenvalue weighted by Crippen LogP contribution is -2.10. The van der Waals surface area contributed by atoms with E-state index >= 15 is 0 Å². The highest BCUT2D eigenvalue weighted by Crippen LogP contribution is 2.48. The molecule has 40 heavy (non-hydrogen) atoms. The lowest BCUT2D eigenvalue weighted by atomic mass is 9.92. The van der Waals surface area contributed by atoms with Gasteiger partial charge in [0, 0.05) is 22.1 Å². The normalized spacial score (nSPS) is 11.5. The molecule has 190 valence electrons. The first-order chi connectivity index (χ1) is 19.9. The quantitative estimate of drug-likeness (QED) is 0.191. The van der Waals surface area contributed by atoms with Crippen molar-refractivity contribution in [2.24, 2.45) is 0 Å². The molecule has 0 saturated heterocycles. The molecule has 6 aromatic carbocycles. The van der Waals surface area contributed by atoms with E-state index in [2.05, 4.69) is 154 Å². The van der Waals surface area contributed by atoms with Crippen LogP contribution < -0.4 is 9.80 Å². The Hall–Kier alpha value is -4.64. The topological polar surface area (TPSA) is 6.48 Å². The second-order valence-electron chi connectivity index (χ2n) is 9.84. The number of para-hydroxylation sites is 2. The van der Waals surface area contributed by atoms with Crippen LogP contribution in [0, 0.1) is 0 Å². The third-order valence-corrected chi connectivity index (χ3v) is 9.29. The molecule has 0 aliphatic rings. The molecule has 4 heteroatoms. The molecule has 0 fully saturated rings. The average molecular weight is 549 g/mol. The first-order valence-electron chi connectivity index (χ1n) is 13.3. The Labute approximate surface area is 240 Å². The Morgan fingerprint density at radius 1 is 0.375 bits per heavy atom. The summed E-state index contributed by atoms with van der Waals surface area (Å²) in [4.78, 5) is 4.78. The summed E-state index contributed by atoms with van der Waals surface area (Å²) in [7, 11) is 0. The Bertz CT molecular complexity index is 1900. The van der Waals surface area contributed by atoms with Gasteiger partial charge in [0.05, 0.1) is 21.4 Å². The van der Waals surface area contributed by atoms with Crippen molar-refractivity contribution in [1.29, 1.82) is 0 Å². The van der Waals surface area contributed by atoms with E-state index in [1.165, 1.54) is 53.7 Å². The largest absolute Gasteiger partial charge is 0.301 e. The molecule has 2 aromatic heterocycles. The standard InChI is InChI=1S/C36H24N2S2/c1-3-9-27(10-4-1)37(33-13-7-23-39-33)31-21-17-25-15-16-26-18-22-32(30-20-19-29(31)35(25)36(26)30)38(34-14-8-24-40-34)28-11-5-2-6-12-28/h1-24H. The zero-order valence-corrected chi connectivity index (χ0v) is 23.2. The number of thiophene rings is 2. The lowest BCUT2D eigenvalue weighted by molar-refractivity contribution is 1.33. The summed E-state index contributed by atoms with van der Waals surface area (Å²) in [6.45, 7) is 0. The number of anilines is 6. The second kappa shape index (κ2) is 9.53. The number of hydrogen-bond donors (Lipinski definition) is 0. The molecule has 0 unspecified atom stereocenters. The highest BCUT2D eigenvalue weighted by molar-refractivity contribution is 7.14. The number of rotatable bonds is 6. The SMILES string of the molecule is c1ccc(N(c2cccs2)c2ccc3ccc4ccc(N(c5ccccc5)c5cccs5)c5ccc2c3c45)cc1. The molecule has 2 heterocycles. The van der Waals surface area contributed by atoms with Gasteiger partial charge in [-0.05, 0) is 93.0 Å². The van der Waals surface area contributed by atoms with Crippen molar-refractivity contribution in [1.82, 2.24) is 0 Å². The van der Waals surface area contributed by atoms with Gasteiger partial charge in [0.1, 0.15) is 0 Å². The predicted octanol–water partition coefficient (Wildman–Crippen LogP) is 11.6. The highest BCUT2D eigenvalue weighted by Gasteiger charge is 2.22. The van der Waals surface area contributed by atoms with Crippen molar-refractivity contribution in [2.45, 2.75) is 0 Å². The molecular formula is C36H24N2S2. The first-order valence-corrected chi connectivity index (χ1v) is 15.1. The van der Waals surface area contributed by atoms with E-state index in [1.54, 1.807) is 22.7 Å². The molecule has 0 spiro atoms. The molecule has 2 nitrogen and oxygen atoms in total. The van der Waals surface area contributed by atoms with E-state index in [0.29, 0.717) is 0 Å². The molecule has 0 amide bonds. The van der Waals surface area contributed by atoms with Crippen molar-refractivity contribution < 1.29 is 0 Å². The minimum Gasteiger partial charge on any atom is -0.301 e. The molecule has 0 aliphatic heterocycles. The summed E-state index contributed by atoms with van der Waals surface area (Å²) in [6, 6.07) is 48.3. The van der Waals surface area contributed by atoms with E-state index in [-0.39, 0.29) is 0 Å². The average Bonchev–Trinajstić information content (AvgIpc) is 3.74. The molecule has 0 atom stereocenters. The van der Waals surface area contributed by atoms with Crippen molar-refractivity contribution in [3.05, 3.63) is 144 Å². The van der Waals surface area contributed by atoms with Crippen LogP contribution in [0.25, 0.3) is 32.3 Å². The minimum atomic E-state index is 1.16. The van der Waals surface area contributed by atoms with Crippen LogP contribution in [0.1, 0.15) is 0 Å². The van der Waals surface area contributed by atoms with Crippen LogP contribution in [-0.2, 0) is 0 Å². The molecule has 0 saturated carbocycles. The summed E-state index contributed by atoms with van der Waals surface area (Å²) in [5.74, 6) is 0. The lowest BCUT2D eigenvalue weighted by Gasteiger charge is -2.28. The van der Waals surface area contributed by atoms with Gasteiger partial charge in [-0.2, -0.15) is 0 Å². The molecule has 0 bridgehead atoms. The van der Waals surface area contributed by atoms with Crippen molar-refractivity contribution in [2.75, 3.05) is 9.80 Å². The number of benzene rings is 6. The molecular weight excluding hydrogens is 525 g/mol. The van der Waals surface area contributed by atoms with Crippen molar-refractivity contribution in [3.63, 3.8) is 0 Å². The van der Waals surface area contributed by atoms with Crippen LogP contribution in [-0.4, -0.2) is 0 Å². The second-order valence-corrected chi connectivity index (χ2v) is 11.7. The Morgan fingerprint density at radius 3 is 1.20 bits per heavy atom. The predicted molar refractivity (Wildman–Crippen MR) is 175 cm³/mol. The first kappa shape index (κ1) is 23.3. The molecule has 8 rings (SSSR count). The smallest absolute Gasteiger partial charge is 0.0999 e. The van der Waals surface area contributed by atoms with E-state index < -0.39 is 0 Å². The molecule has 0 radical (unpaired) electrons. The molecule has 0 aliphatic carbocycles. The summed E-state index contributed by atoms with van der Waals surface area (Å²) in [5, 5.41) is 14.4. The molecule has 0 N–H and O–H groups in total. The maximum Gasteiger partial charge on any atom is 0.0999 e. The van der Waals surface area contributed by atoms with Gasteiger partial charge < -0.3 is 9.80 Å². The van der Waals surface area contributed by atoms with Crippen LogP contribution in [0.15, 0.2) is 144 Å². The third kappa shape index (κ3) is 3.69. The van der Waals surface area contributed by atoms with Crippen LogP contribution >= 0.6 is 22.7 Å². The van der Waals surface area contributed by atoms with Gasteiger partial charge in [-0.1, -0.05) is 72.8 Å². The Morgan fingerprint density at radius 2 is 0.800 bits per heavy atom. The fraction of sp³-hybridized carbons (Fsp3) is 0. The van der Waals surface area contributed by atoms with Gasteiger partial charge in [0.15, 0.2) is 0 Å². The molecule has 8 aromatic rings. The summed E-state index contributed by atoms with van der Waals surface area (Å²) in [6.07, 6.45) is 0. The van der Waals surface area contributed by atoms with Crippen LogP contribution in [0.4, 0.5) is 32.8 Å².